The molecule has 5 rings (SSSR count). The highest BCUT2D eigenvalue weighted by molar-refractivity contribution is 5.75. The van der Waals surface area contributed by atoms with Gasteiger partial charge < -0.3 is 39.6 Å². The van der Waals surface area contributed by atoms with Crippen molar-refractivity contribution >= 4 is 11.8 Å². The molecular weight excluding hydrogens is 562 g/mol. The van der Waals surface area contributed by atoms with E-state index < -0.39 is 12.1 Å². The van der Waals surface area contributed by atoms with E-state index in [1.165, 1.54) is 6.92 Å². The largest absolute Gasteiger partial charge is 0.392 e. The van der Waals surface area contributed by atoms with Gasteiger partial charge in [-0.3, -0.25) is 9.59 Å². The van der Waals surface area contributed by atoms with Crippen molar-refractivity contribution in [1.29, 1.82) is 0 Å². The van der Waals surface area contributed by atoms with Gasteiger partial charge in [0.05, 0.1) is 32.0 Å². The van der Waals surface area contributed by atoms with Gasteiger partial charge >= 0.3 is 0 Å². The van der Waals surface area contributed by atoms with Gasteiger partial charge in [0.15, 0.2) is 12.1 Å². The number of amides is 2. The zero-order chi connectivity index (χ0) is 30.8. The van der Waals surface area contributed by atoms with E-state index in [0.29, 0.717) is 32.7 Å². The number of piperidine rings is 1. The van der Waals surface area contributed by atoms with Crippen LogP contribution in [0.25, 0.3) is 0 Å². The molecule has 0 aliphatic carbocycles. The third-order valence-electron chi connectivity index (χ3n) is 8.70. The standard InChI is InChI=1S/C34H47N3O7/c1-25(39)35-16-4-2-3-5-32(40)36-22-26-6-12-29(13-7-26)33-43-30(21-31(44-33)28-10-8-27(24-38)9-11-28)23-37-17-14-34(15-18-37)41-19-20-42-34/h6-13,30-31,33,38H,2-5,14-24H2,1H3,(H,35,39)(H,36,40)/t30-,31+,33+/m0/s1. The molecule has 1 spiro atoms. The zero-order valence-corrected chi connectivity index (χ0v) is 25.8. The van der Waals surface area contributed by atoms with Crippen LogP contribution in [0.1, 0.15) is 86.5 Å². The van der Waals surface area contributed by atoms with Gasteiger partial charge in [0, 0.05) is 70.9 Å². The van der Waals surface area contributed by atoms with Crippen LogP contribution in [0.15, 0.2) is 48.5 Å². The minimum absolute atomic E-state index is 0.0107. The summed E-state index contributed by atoms with van der Waals surface area (Å²) >= 11 is 0. The molecule has 3 heterocycles. The Morgan fingerprint density at radius 1 is 0.886 bits per heavy atom. The molecule has 3 N–H and O–H groups in total. The first-order chi connectivity index (χ1) is 21.4. The molecule has 3 fully saturated rings. The van der Waals surface area contributed by atoms with Gasteiger partial charge in [-0.2, -0.15) is 0 Å². The number of nitrogens with zero attached hydrogens (tertiary/aromatic N) is 1. The van der Waals surface area contributed by atoms with Crippen LogP contribution >= 0.6 is 0 Å². The van der Waals surface area contributed by atoms with Crippen molar-refractivity contribution in [2.75, 3.05) is 39.4 Å². The van der Waals surface area contributed by atoms with Crippen LogP contribution in [0.4, 0.5) is 0 Å². The Hall–Kier alpha value is -2.86. The lowest BCUT2D eigenvalue weighted by Crippen LogP contribution is -2.48. The monoisotopic (exact) mass is 609 g/mol. The minimum Gasteiger partial charge on any atom is -0.392 e. The number of carbonyl (C=O) groups excluding carboxylic acids is 2. The number of rotatable bonds is 13. The maximum absolute atomic E-state index is 12.3. The smallest absolute Gasteiger partial charge is 0.220 e. The molecule has 0 unspecified atom stereocenters. The number of nitrogens with one attached hydrogen (secondary N) is 2. The number of benzene rings is 2. The molecule has 2 amide bonds. The number of carbonyl (C=O) groups is 2. The van der Waals surface area contributed by atoms with Gasteiger partial charge in [-0.05, 0) is 29.5 Å². The van der Waals surface area contributed by atoms with E-state index >= 15 is 0 Å². The predicted octanol–water partition coefficient (Wildman–Crippen LogP) is 3.88. The number of aliphatic hydroxyl groups is 1. The van der Waals surface area contributed by atoms with Crippen LogP contribution in [0.5, 0.6) is 0 Å². The molecule has 2 aromatic rings. The zero-order valence-electron chi connectivity index (χ0n) is 25.8. The fourth-order valence-electron chi connectivity index (χ4n) is 6.12. The van der Waals surface area contributed by atoms with Gasteiger partial charge in [-0.25, -0.2) is 0 Å². The second kappa shape index (κ2) is 15.9. The van der Waals surface area contributed by atoms with Gasteiger partial charge in [0.1, 0.15) is 0 Å². The topological polar surface area (TPSA) is 119 Å². The Labute approximate surface area is 260 Å². The third kappa shape index (κ3) is 9.32. The van der Waals surface area contributed by atoms with Crippen LogP contribution in [0.2, 0.25) is 0 Å². The summed E-state index contributed by atoms with van der Waals surface area (Å²) in [5.41, 5.74) is 3.89. The summed E-state index contributed by atoms with van der Waals surface area (Å²) in [6.45, 7) is 6.59. The highest BCUT2D eigenvalue weighted by Gasteiger charge is 2.41. The number of likely N-dealkylation sites (tertiary alicyclic amines) is 1. The van der Waals surface area contributed by atoms with Gasteiger partial charge in [-0.1, -0.05) is 55.0 Å². The summed E-state index contributed by atoms with van der Waals surface area (Å²) in [7, 11) is 0. The minimum atomic E-state index is -0.518. The van der Waals surface area contributed by atoms with Crippen molar-refractivity contribution in [1.82, 2.24) is 15.5 Å². The lowest BCUT2D eigenvalue weighted by atomic mass is 9.98. The van der Waals surface area contributed by atoms with Crippen molar-refractivity contribution in [2.45, 2.75) is 89.3 Å². The highest BCUT2D eigenvalue weighted by Crippen LogP contribution is 2.39. The van der Waals surface area contributed by atoms with Crippen molar-refractivity contribution < 1.29 is 33.6 Å². The summed E-state index contributed by atoms with van der Waals surface area (Å²) < 4.78 is 24.9. The molecule has 10 heteroatoms. The first-order valence-corrected chi connectivity index (χ1v) is 16.0. The highest BCUT2D eigenvalue weighted by atomic mass is 16.7. The van der Waals surface area contributed by atoms with Crippen LogP contribution in [-0.4, -0.2) is 73.1 Å². The van der Waals surface area contributed by atoms with E-state index in [2.05, 4.69) is 15.5 Å². The average molecular weight is 610 g/mol. The molecule has 240 valence electrons. The molecule has 0 aromatic heterocycles. The Bertz CT molecular complexity index is 1190. The second-order valence-electron chi connectivity index (χ2n) is 12.1. The lowest BCUT2D eigenvalue weighted by molar-refractivity contribution is -0.255. The Morgan fingerprint density at radius 3 is 2.25 bits per heavy atom. The second-order valence-corrected chi connectivity index (χ2v) is 12.1. The van der Waals surface area contributed by atoms with Crippen LogP contribution in [-0.2, 0) is 41.7 Å². The maximum atomic E-state index is 12.3. The van der Waals surface area contributed by atoms with Crippen LogP contribution < -0.4 is 10.6 Å². The Kier molecular flexibility index (Phi) is 11.8. The Morgan fingerprint density at radius 2 is 1.57 bits per heavy atom. The Balaban J connectivity index is 1.15. The number of hydrogen-bond donors (Lipinski definition) is 3. The average Bonchev–Trinajstić information content (AvgIpc) is 3.51. The van der Waals surface area contributed by atoms with Gasteiger partial charge in [0.2, 0.25) is 11.8 Å². The third-order valence-corrected chi connectivity index (χ3v) is 8.70. The normalized spacial score (nSPS) is 23.5. The van der Waals surface area contributed by atoms with Crippen molar-refractivity contribution in [3.8, 4) is 0 Å². The molecule has 44 heavy (non-hydrogen) atoms. The fraction of sp³-hybridized carbons (Fsp3) is 0.588. The summed E-state index contributed by atoms with van der Waals surface area (Å²) in [5, 5.41) is 15.3. The van der Waals surface area contributed by atoms with E-state index in [-0.39, 0.29) is 30.6 Å². The summed E-state index contributed by atoms with van der Waals surface area (Å²) in [5.74, 6) is -0.396. The predicted molar refractivity (Wildman–Crippen MR) is 164 cm³/mol. The van der Waals surface area contributed by atoms with Gasteiger partial charge in [-0.15, -0.1) is 0 Å². The molecular formula is C34H47N3O7. The number of aliphatic hydroxyl groups excluding tert-OH is 1. The lowest BCUT2D eigenvalue weighted by Gasteiger charge is -2.41. The van der Waals surface area contributed by atoms with E-state index in [1.54, 1.807) is 0 Å². The molecule has 0 radical (unpaired) electrons. The maximum Gasteiger partial charge on any atom is 0.220 e. The summed E-state index contributed by atoms with van der Waals surface area (Å²) in [6.07, 6.45) is 4.83. The SMILES string of the molecule is CC(=O)NCCCCCC(=O)NCc1ccc([C@@H]2O[C@H](CN3CCC4(CC3)OCCO4)C[C@H](c3ccc(CO)cc3)O2)cc1. The van der Waals surface area contributed by atoms with Crippen molar-refractivity contribution in [2.24, 2.45) is 0 Å². The van der Waals surface area contributed by atoms with Crippen LogP contribution in [0, 0.1) is 0 Å². The van der Waals surface area contributed by atoms with E-state index in [4.69, 9.17) is 18.9 Å². The number of hydrogen-bond acceptors (Lipinski definition) is 8. The molecule has 0 saturated carbocycles. The molecule has 3 aliphatic rings. The molecule has 3 aliphatic heterocycles. The van der Waals surface area contributed by atoms with Crippen LogP contribution in [0.3, 0.4) is 0 Å². The molecule has 0 bridgehead atoms. The molecule has 2 aromatic carbocycles. The summed E-state index contributed by atoms with van der Waals surface area (Å²) in [6, 6.07) is 16.0. The number of ether oxygens (including phenoxy) is 4. The van der Waals surface area contributed by atoms with E-state index in [1.807, 2.05) is 48.5 Å². The van der Waals surface area contributed by atoms with E-state index in [0.717, 1.165) is 80.4 Å². The quantitative estimate of drug-likeness (QED) is 0.293. The van der Waals surface area contributed by atoms with Crippen molar-refractivity contribution in [3.63, 3.8) is 0 Å². The van der Waals surface area contributed by atoms with E-state index in [9.17, 15) is 14.7 Å². The summed E-state index contributed by atoms with van der Waals surface area (Å²) in [4.78, 5) is 25.7. The first-order valence-electron chi connectivity index (χ1n) is 16.0. The molecule has 3 saturated heterocycles. The number of unbranched alkanes of at least 4 members (excludes halogenated alkanes) is 2. The van der Waals surface area contributed by atoms with Crippen molar-refractivity contribution in [3.05, 3.63) is 70.8 Å². The fourth-order valence-corrected chi connectivity index (χ4v) is 6.12. The molecule has 10 nitrogen and oxygen atoms in total. The molecule has 3 atom stereocenters. The van der Waals surface area contributed by atoms with Gasteiger partial charge in [0.25, 0.3) is 0 Å². The first kappa shape index (κ1) is 32.5.